The van der Waals surface area contributed by atoms with Crippen molar-refractivity contribution < 1.29 is 18.0 Å². The number of nitrogens with one attached hydrogen (secondary N) is 2. The average molecular weight is 450 g/mol. The van der Waals surface area contributed by atoms with Crippen LogP contribution in [-0.4, -0.2) is 37.6 Å². The number of benzene rings is 2. The van der Waals surface area contributed by atoms with E-state index in [2.05, 4.69) is 10.6 Å². The van der Waals surface area contributed by atoms with E-state index < -0.39 is 15.9 Å². The third kappa shape index (κ3) is 5.38. The summed E-state index contributed by atoms with van der Waals surface area (Å²) in [7, 11) is -3.73. The molecular formula is C21H24ClN3O4S. The van der Waals surface area contributed by atoms with Gasteiger partial charge in [0, 0.05) is 37.3 Å². The van der Waals surface area contributed by atoms with Crippen LogP contribution in [-0.2, 0) is 26.2 Å². The highest BCUT2D eigenvalue weighted by molar-refractivity contribution is 7.89. The molecule has 0 aliphatic carbocycles. The van der Waals surface area contributed by atoms with Crippen LogP contribution in [0, 0.1) is 5.92 Å². The van der Waals surface area contributed by atoms with E-state index in [1.807, 2.05) is 18.2 Å². The maximum Gasteiger partial charge on any atom is 0.243 e. The normalized spacial score (nSPS) is 17.3. The first-order valence-corrected chi connectivity index (χ1v) is 11.5. The molecule has 1 unspecified atom stereocenters. The number of amides is 2. The molecule has 30 heavy (non-hydrogen) atoms. The van der Waals surface area contributed by atoms with Crippen molar-refractivity contribution in [3.05, 3.63) is 59.1 Å². The number of hydrogen-bond acceptors (Lipinski definition) is 4. The van der Waals surface area contributed by atoms with Crippen molar-refractivity contribution in [2.45, 2.75) is 31.2 Å². The van der Waals surface area contributed by atoms with Crippen molar-refractivity contribution >= 4 is 39.1 Å². The van der Waals surface area contributed by atoms with Crippen molar-refractivity contribution in [2.75, 3.05) is 18.4 Å². The molecule has 2 aromatic rings. The van der Waals surface area contributed by atoms with Crippen LogP contribution in [0.3, 0.4) is 0 Å². The molecule has 2 amide bonds. The molecular weight excluding hydrogens is 426 g/mol. The molecule has 3 rings (SSSR count). The number of sulfonamides is 1. The molecule has 0 spiro atoms. The number of piperidine rings is 1. The van der Waals surface area contributed by atoms with Gasteiger partial charge >= 0.3 is 0 Å². The molecule has 0 aromatic heterocycles. The first kappa shape index (κ1) is 22.3. The summed E-state index contributed by atoms with van der Waals surface area (Å²) in [5, 5.41) is 6.05. The highest BCUT2D eigenvalue weighted by Crippen LogP contribution is 2.25. The Kier molecular flexibility index (Phi) is 7.12. The Hall–Kier alpha value is -2.42. The van der Waals surface area contributed by atoms with Gasteiger partial charge in [-0.2, -0.15) is 4.31 Å². The van der Waals surface area contributed by atoms with Gasteiger partial charge in [0.25, 0.3) is 0 Å². The van der Waals surface area contributed by atoms with Crippen LogP contribution in [0.2, 0.25) is 5.02 Å². The van der Waals surface area contributed by atoms with E-state index in [0.29, 0.717) is 36.6 Å². The summed E-state index contributed by atoms with van der Waals surface area (Å²) in [6, 6.07) is 13.3. The Morgan fingerprint density at radius 2 is 1.83 bits per heavy atom. The minimum absolute atomic E-state index is 0.129. The van der Waals surface area contributed by atoms with Gasteiger partial charge in [-0.3, -0.25) is 9.59 Å². The number of carbonyl (C=O) groups excluding carboxylic acids is 2. The number of hydrogen-bond donors (Lipinski definition) is 2. The lowest BCUT2D eigenvalue weighted by atomic mass is 9.99. The van der Waals surface area contributed by atoms with Crippen molar-refractivity contribution in [3.8, 4) is 0 Å². The van der Waals surface area contributed by atoms with Gasteiger partial charge in [-0.25, -0.2) is 8.42 Å². The molecule has 0 radical (unpaired) electrons. The Bertz CT molecular complexity index is 1020. The molecule has 1 heterocycles. The fourth-order valence-electron chi connectivity index (χ4n) is 3.41. The Morgan fingerprint density at radius 1 is 1.13 bits per heavy atom. The van der Waals surface area contributed by atoms with Crippen LogP contribution in [0.4, 0.5) is 5.69 Å². The fraction of sp³-hybridized carbons (Fsp3) is 0.333. The van der Waals surface area contributed by atoms with E-state index in [0.717, 1.165) is 5.56 Å². The van der Waals surface area contributed by atoms with Crippen LogP contribution < -0.4 is 10.6 Å². The maximum absolute atomic E-state index is 13.0. The van der Waals surface area contributed by atoms with Crippen LogP contribution in [0.5, 0.6) is 0 Å². The van der Waals surface area contributed by atoms with Gasteiger partial charge < -0.3 is 10.6 Å². The van der Waals surface area contributed by atoms with E-state index in [9.17, 15) is 18.0 Å². The van der Waals surface area contributed by atoms with Gasteiger partial charge in [-0.15, -0.1) is 0 Å². The second-order valence-electron chi connectivity index (χ2n) is 7.22. The molecule has 0 bridgehead atoms. The zero-order chi connectivity index (χ0) is 21.7. The van der Waals surface area contributed by atoms with Gasteiger partial charge in [-0.1, -0.05) is 29.8 Å². The summed E-state index contributed by atoms with van der Waals surface area (Å²) in [5.74, 6) is -0.835. The minimum atomic E-state index is -3.73. The van der Waals surface area contributed by atoms with Crippen molar-refractivity contribution in [2.24, 2.45) is 5.92 Å². The van der Waals surface area contributed by atoms with Gasteiger partial charge in [0.1, 0.15) is 0 Å². The topological polar surface area (TPSA) is 95.6 Å². The smallest absolute Gasteiger partial charge is 0.243 e. The lowest BCUT2D eigenvalue weighted by Gasteiger charge is -2.31. The van der Waals surface area contributed by atoms with E-state index in [1.165, 1.54) is 23.4 Å². The predicted octanol–water partition coefficient (Wildman–Crippen LogP) is 3.02. The largest absolute Gasteiger partial charge is 0.352 e. The molecule has 9 heteroatoms. The zero-order valence-corrected chi connectivity index (χ0v) is 18.2. The fourth-order valence-corrected chi connectivity index (χ4v) is 5.13. The van der Waals surface area contributed by atoms with E-state index in [-0.39, 0.29) is 23.3 Å². The SMILES string of the molecule is CC(=O)Nc1ccc(S(=O)(=O)N2CCCC(C(=O)NCc3ccccc3Cl)C2)cc1. The first-order chi connectivity index (χ1) is 14.3. The molecule has 1 fully saturated rings. The molecule has 1 aliphatic heterocycles. The van der Waals surface area contributed by atoms with Gasteiger partial charge in [-0.05, 0) is 48.7 Å². The molecule has 160 valence electrons. The third-order valence-corrected chi connectivity index (χ3v) is 7.23. The van der Waals surface area contributed by atoms with Gasteiger partial charge in [0.15, 0.2) is 0 Å². The first-order valence-electron chi connectivity index (χ1n) is 9.66. The Balaban J connectivity index is 1.65. The van der Waals surface area contributed by atoms with Crippen LogP contribution in [0.25, 0.3) is 0 Å². The molecule has 7 nitrogen and oxygen atoms in total. The van der Waals surface area contributed by atoms with E-state index in [4.69, 9.17) is 11.6 Å². The quantitative estimate of drug-likeness (QED) is 0.708. The molecule has 1 saturated heterocycles. The summed E-state index contributed by atoms with van der Waals surface area (Å²) in [5.41, 5.74) is 1.34. The average Bonchev–Trinajstić information content (AvgIpc) is 2.73. The lowest BCUT2D eigenvalue weighted by molar-refractivity contribution is -0.126. The molecule has 1 aliphatic rings. The third-order valence-electron chi connectivity index (χ3n) is 4.98. The second-order valence-corrected chi connectivity index (χ2v) is 9.56. The minimum Gasteiger partial charge on any atom is -0.352 e. The molecule has 0 saturated carbocycles. The number of halogens is 1. The summed E-state index contributed by atoms with van der Waals surface area (Å²) in [6.07, 6.45) is 1.23. The summed E-state index contributed by atoms with van der Waals surface area (Å²) < 4.78 is 27.4. The van der Waals surface area contributed by atoms with Crippen molar-refractivity contribution in [3.63, 3.8) is 0 Å². The summed E-state index contributed by atoms with van der Waals surface area (Å²) in [6.45, 7) is 2.18. The molecule has 2 aromatic carbocycles. The van der Waals surface area contributed by atoms with E-state index in [1.54, 1.807) is 18.2 Å². The standard InChI is InChI=1S/C21H24ClN3O4S/c1-15(26)24-18-8-10-19(11-9-18)30(28,29)25-12-4-6-17(14-25)21(27)23-13-16-5-2-3-7-20(16)22/h2-3,5,7-11,17H,4,6,12-14H2,1H3,(H,23,27)(H,24,26). The predicted molar refractivity (Wildman–Crippen MR) is 116 cm³/mol. The van der Waals surface area contributed by atoms with Gasteiger partial charge in [0.05, 0.1) is 10.8 Å². The Morgan fingerprint density at radius 3 is 2.50 bits per heavy atom. The molecule has 1 atom stereocenters. The zero-order valence-electron chi connectivity index (χ0n) is 16.6. The summed E-state index contributed by atoms with van der Waals surface area (Å²) in [4.78, 5) is 23.9. The maximum atomic E-state index is 13.0. The van der Waals surface area contributed by atoms with Crippen LogP contribution >= 0.6 is 11.6 Å². The summed E-state index contributed by atoms with van der Waals surface area (Å²) >= 11 is 6.12. The van der Waals surface area contributed by atoms with E-state index >= 15 is 0 Å². The number of anilines is 1. The van der Waals surface area contributed by atoms with Crippen LogP contribution in [0.15, 0.2) is 53.4 Å². The van der Waals surface area contributed by atoms with Crippen molar-refractivity contribution in [1.82, 2.24) is 9.62 Å². The highest BCUT2D eigenvalue weighted by atomic mass is 35.5. The number of nitrogens with zero attached hydrogens (tertiary/aromatic N) is 1. The highest BCUT2D eigenvalue weighted by Gasteiger charge is 2.33. The lowest BCUT2D eigenvalue weighted by Crippen LogP contribution is -2.45. The van der Waals surface area contributed by atoms with Gasteiger partial charge in [0.2, 0.25) is 21.8 Å². The second kappa shape index (κ2) is 9.59. The number of rotatable bonds is 6. The Labute approximate surface area is 181 Å². The monoisotopic (exact) mass is 449 g/mol. The van der Waals surface area contributed by atoms with Crippen molar-refractivity contribution in [1.29, 1.82) is 0 Å². The molecule has 2 N–H and O–H groups in total. The number of carbonyl (C=O) groups is 2. The van der Waals surface area contributed by atoms with Crippen LogP contribution in [0.1, 0.15) is 25.3 Å².